The van der Waals surface area contributed by atoms with Gasteiger partial charge in [-0.25, -0.2) is 0 Å². The summed E-state index contributed by atoms with van der Waals surface area (Å²) in [5.74, 6) is 0.646. The molecule has 1 aliphatic heterocycles. The summed E-state index contributed by atoms with van der Waals surface area (Å²) < 4.78 is 1.52. The van der Waals surface area contributed by atoms with Crippen LogP contribution in [0.15, 0.2) is 47.5 Å². The first-order valence-corrected chi connectivity index (χ1v) is 9.34. The number of thioether (sulfide) groups is 1. The maximum Gasteiger partial charge on any atom is 0.325 e. The predicted octanol–water partition coefficient (Wildman–Crippen LogP) is 2.94. The monoisotopic (exact) mass is 345 g/mol. The maximum absolute atomic E-state index is 10.8. The highest BCUT2D eigenvalue weighted by atomic mass is 32.2. The number of carbonyl (C=O) groups is 1. The van der Waals surface area contributed by atoms with E-state index in [4.69, 9.17) is 5.11 Å². The van der Waals surface area contributed by atoms with E-state index in [0.29, 0.717) is 5.92 Å². The Labute approximate surface area is 146 Å². The lowest BCUT2D eigenvalue weighted by molar-refractivity contribution is -0.137. The minimum Gasteiger partial charge on any atom is -0.480 e. The van der Waals surface area contributed by atoms with Crippen molar-refractivity contribution in [1.82, 2.24) is 14.7 Å². The molecule has 0 spiro atoms. The molecule has 5 nitrogen and oxygen atoms in total. The number of benzene rings is 1. The van der Waals surface area contributed by atoms with Crippen LogP contribution in [0.3, 0.4) is 0 Å². The third-order valence-electron chi connectivity index (χ3n) is 4.30. The molecule has 1 aromatic carbocycles. The molecule has 1 aliphatic rings. The second-order valence-corrected chi connectivity index (χ2v) is 7.30. The number of hydrogen-bond donors (Lipinski definition) is 1. The molecule has 1 fully saturated rings. The van der Waals surface area contributed by atoms with Gasteiger partial charge in [-0.3, -0.25) is 9.48 Å². The average molecular weight is 345 g/mol. The molecule has 1 saturated heterocycles. The van der Waals surface area contributed by atoms with E-state index in [1.54, 1.807) is 6.20 Å². The number of aliphatic carboxylic acids is 1. The molecule has 24 heavy (non-hydrogen) atoms. The van der Waals surface area contributed by atoms with Crippen molar-refractivity contribution in [1.29, 1.82) is 0 Å². The molecule has 0 aliphatic carbocycles. The van der Waals surface area contributed by atoms with E-state index < -0.39 is 5.97 Å². The highest BCUT2D eigenvalue weighted by Gasteiger charge is 2.23. The number of rotatable bonds is 7. The van der Waals surface area contributed by atoms with Gasteiger partial charge in [-0.05, 0) is 37.6 Å². The SMILES string of the molecule is O=C(O)Cn1ccc([C@H]2CCCN(CCSc3ccccc3)C2)n1. The van der Waals surface area contributed by atoms with Gasteiger partial charge in [0.05, 0.1) is 5.69 Å². The number of likely N-dealkylation sites (tertiary alicyclic amines) is 1. The molecule has 1 atom stereocenters. The fraction of sp³-hybridized carbons (Fsp3) is 0.444. The van der Waals surface area contributed by atoms with Crippen LogP contribution in [0.5, 0.6) is 0 Å². The fourth-order valence-electron chi connectivity index (χ4n) is 3.13. The topological polar surface area (TPSA) is 58.4 Å². The molecule has 3 rings (SSSR count). The second kappa shape index (κ2) is 8.35. The van der Waals surface area contributed by atoms with Gasteiger partial charge in [0.1, 0.15) is 6.54 Å². The molecule has 0 unspecified atom stereocenters. The average Bonchev–Trinajstić information content (AvgIpc) is 3.04. The van der Waals surface area contributed by atoms with Crippen molar-refractivity contribution in [2.24, 2.45) is 0 Å². The van der Waals surface area contributed by atoms with Crippen LogP contribution in [0, 0.1) is 0 Å². The number of nitrogens with zero attached hydrogens (tertiary/aromatic N) is 3. The van der Waals surface area contributed by atoms with Crippen LogP contribution in [0.1, 0.15) is 24.5 Å². The normalized spacial score (nSPS) is 18.6. The number of aromatic nitrogens is 2. The van der Waals surface area contributed by atoms with Gasteiger partial charge in [-0.15, -0.1) is 11.8 Å². The van der Waals surface area contributed by atoms with Crippen LogP contribution >= 0.6 is 11.8 Å². The third-order valence-corrected chi connectivity index (χ3v) is 5.29. The van der Waals surface area contributed by atoms with Gasteiger partial charge in [0.15, 0.2) is 0 Å². The van der Waals surface area contributed by atoms with Crippen molar-refractivity contribution in [3.05, 3.63) is 48.3 Å². The van der Waals surface area contributed by atoms with Crippen LogP contribution in [-0.4, -0.2) is 51.1 Å². The Hall–Kier alpha value is -1.79. The van der Waals surface area contributed by atoms with E-state index in [1.165, 1.54) is 16.0 Å². The van der Waals surface area contributed by atoms with Gasteiger partial charge in [0.25, 0.3) is 0 Å². The third kappa shape index (κ3) is 4.85. The molecule has 2 aromatic rings. The lowest BCUT2D eigenvalue weighted by Crippen LogP contribution is -2.36. The van der Waals surface area contributed by atoms with E-state index >= 15 is 0 Å². The summed E-state index contributed by atoms with van der Waals surface area (Å²) in [5, 5.41) is 13.3. The molecule has 1 aromatic heterocycles. The van der Waals surface area contributed by atoms with Crippen molar-refractivity contribution in [3.8, 4) is 0 Å². The molecule has 0 saturated carbocycles. The maximum atomic E-state index is 10.8. The van der Waals surface area contributed by atoms with Crippen LogP contribution in [-0.2, 0) is 11.3 Å². The Morgan fingerprint density at radius 3 is 2.92 bits per heavy atom. The largest absolute Gasteiger partial charge is 0.480 e. The van der Waals surface area contributed by atoms with Gasteiger partial charge in [0, 0.05) is 35.9 Å². The van der Waals surface area contributed by atoms with Gasteiger partial charge >= 0.3 is 5.97 Å². The smallest absolute Gasteiger partial charge is 0.325 e. The summed E-state index contributed by atoms with van der Waals surface area (Å²) in [6.45, 7) is 3.16. The minimum absolute atomic E-state index is 0.0653. The van der Waals surface area contributed by atoms with E-state index in [-0.39, 0.29) is 6.54 Å². The summed E-state index contributed by atoms with van der Waals surface area (Å²) in [6.07, 6.45) is 4.08. The van der Waals surface area contributed by atoms with Crippen LogP contribution in [0.4, 0.5) is 0 Å². The zero-order valence-corrected chi connectivity index (χ0v) is 14.5. The highest BCUT2D eigenvalue weighted by molar-refractivity contribution is 7.99. The molecule has 1 N–H and O–H groups in total. The molecule has 2 heterocycles. The second-order valence-electron chi connectivity index (χ2n) is 6.13. The van der Waals surface area contributed by atoms with Crippen LogP contribution < -0.4 is 0 Å². The Morgan fingerprint density at radius 1 is 1.29 bits per heavy atom. The van der Waals surface area contributed by atoms with Crippen molar-refractivity contribution in [2.45, 2.75) is 30.2 Å². The lowest BCUT2D eigenvalue weighted by atomic mass is 9.95. The van der Waals surface area contributed by atoms with Gasteiger partial charge in [0.2, 0.25) is 0 Å². The van der Waals surface area contributed by atoms with E-state index in [9.17, 15) is 4.79 Å². The predicted molar refractivity (Wildman–Crippen MR) is 95.4 cm³/mol. The molecule has 0 bridgehead atoms. The van der Waals surface area contributed by atoms with E-state index in [1.807, 2.05) is 23.9 Å². The number of carboxylic acid groups (broad SMARTS) is 1. The van der Waals surface area contributed by atoms with Gasteiger partial charge in [-0.1, -0.05) is 18.2 Å². The minimum atomic E-state index is -0.854. The van der Waals surface area contributed by atoms with Crippen LogP contribution in [0.25, 0.3) is 0 Å². The molecule has 6 heteroatoms. The number of hydrogen-bond acceptors (Lipinski definition) is 4. The standard InChI is InChI=1S/C18H23N3O2S/c22-18(23)14-21-10-8-17(19-21)15-5-4-9-20(13-15)11-12-24-16-6-2-1-3-7-16/h1-3,6-8,10,15H,4-5,9,11-14H2,(H,22,23)/t15-/m0/s1. The first-order valence-electron chi connectivity index (χ1n) is 8.36. The zero-order valence-electron chi connectivity index (χ0n) is 13.7. The molecular weight excluding hydrogens is 322 g/mol. The number of carboxylic acids is 1. The Bertz CT molecular complexity index is 659. The quantitative estimate of drug-likeness (QED) is 0.782. The summed E-state index contributed by atoms with van der Waals surface area (Å²) >= 11 is 1.90. The molecule has 0 amide bonds. The van der Waals surface area contributed by atoms with Gasteiger partial charge in [-0.2, -0.15) is 5.10 Å². The Kier molecular flexibility index (Phi) is 5.93. The highest BCUT2D eigenvalue weighted by Crippen LogP contribution is 2.26. The van der Waals surface area contributed by atoms with Crippen molar-refractivity contribution >= 4 is 17.7 Å². The van der Waals surface area contributed by atoms with E-state index in [2.05, 4.69) is 34.3 Å². The van der Waals surface area contributed by atoms with E-state index in [0.717, 1.165) is 37.5 Å². The van der Waals surface area contributed by atoms with Crippen molar-refractivity contribution in [3.63, 3.8) is 0 Å². The first-order chi connectivity index (χ1) is 11.7. The van der Waals surface area contributed by atoms with Gasteiger partial charge < -0.3 is 10.0 Å². The molecular formula is C18H23N3O2S. The van der Waals surface area contributed by atoms with Crippen molar-refractivity contribution in [2.75, 3.05) is 25.4 Å². The summed E-state index contributed by atoms with van der Waals surface area (Å²) in [6, 6.07) is 12.5. The van der Waals surface area contributed by atoms with Crippen LogP contribution in [0.2, 0.25) is 0 Å². The first kappa shape index (κ1) is 17.0. The Morgan fingerprint density at radius 2 is 2.12 bits per heavy atom. The lowest BCUT2D eigenvalue weighted by Gasteiger charge is -2.31. The summed E-state index contributed by atoms with van der Waals surface area (Å²) in [7, 11) is 0. The zero-order chi connectivity index (χ0) is 16.8. The van der Waals surface area contributed by atoms with Crippen molar-refractivity contribution < 1.29 is 9.90 Å². The molecule has 0 radical (unpaired) electrons. The summed E-state index contributed by atoms with van der Waals surface area (Å²) in [5.41, 5.74) is 1.02. The number of piperidine rings is 1. The summed E-state index contributed by atoms with van der Waals surface area (Å²) in [4.78, 5) is 14.6. The molecule has 128 valence electrons. The fourth-order valence-corrected chi connectivity index (χ4v) is 4.07. The Balaban J connectivity index is 1.49.